The average Bonchev–Trinajstić information content (AvgIpc) is 2.14. The van der Waals surface area contributed by atoms with E-state index in [1.54, 1.807) is 0 Å². The SMILES string of the molecule is Cn1[c]c(C(F)F)[c]n1. The second kappa shape index (κ2) is 2.13. The van der Waals surface area contributed by atoms with Crippen LogP contribution in [0.25, 0.3) is 0 Å². The molecule has 0 fully saturated rings. The molecule has 0 saturated heterocycles. The minimum atomic E-state index is -2.52. The van der Waals surface area contributed by atoms with Crippen LogP contribution in [-0.4, -0.2) is 9.78 Å². The third kappa shape index (κ3) is 1.25. The van der Waals surface area contributed by atoms with Crippen LogP contribution >= 0.6 is 0 Å². The number of aryl methyl sites for hydroxylation is 1. The van der Waals surface area contributed by atoms with Crippen LogP contribution < -0.4 is 0 Å². The second-order valence-corrected chi connectivity index (χ2v) is 1.56. The first-order chi connectivity index (χ1) is 4.20. The molecule has 1 heterocycles. The molecule has 1 aromatic rings. The summed E-state index contributed by atoms with van der Waals surface area (Å²) in [5.74, 6) is 0. The summed E-state index contributed by atoms with van der Waals surface area (Å²) in [6, 6.07) is 0. The zero-order valence-electron chi connectivity index (χ0n) is 4.73. The van der Waals surface area contributed by atoms with Crippen LogP contribution in [0.5, 0.6) is 0 Å². The first-order valence-electron chi connectivity index (χ1n) is 2.32. The minimum Gasteiger partial charge on any atom is -0.265 e. The van der Waals surface area contributed by atoms with Crippen molar-refractivity contribution in [2.45, 2.75) is 6.43 Å². The van der Waals surface area contributed by atoms with E-state index in [4.69, 9.17) is 0 Å². The maximum absolute atomic E-state index is 11.7. The molecule has 0 atom stereocenters. The quantitative estimate of drug-likeness (QED) is 0.553. The second-order valence-electron chi connectivity index (χ2n) is 1.56. The molecular weight excluding hydrogens is 126 g/mol. The molecule has 1 aromatic heterocycles. The maximum Gasteiger partial charge on any atom is 0.268 e. The van der Waals surface area contributed by atoms with E-state index in [1.165, 1.54) is 11.7 Å². The Balaban J connectivity index is 2.85. The molecular formula is C5H4F2N2. The summed E-state index contributed by atoms with van der Waals surface area (Å²) in [5.41, 5.74) is -0.280. The molecule has 9 heavy (non-hydrogen) atoms. The van der Waals surface area contributed by atoms with Crippen LogP contribution in [0.4, 0.5) is 8.78 Å². The first kappa shape index (κ1) is 6.19. The van der Waals surface area contributed by atoms with Crippen LogP contribution in [0.15, 0.2) is 0 Å². The predicted molar refractivity (Wildman–Crippen MR) is 25.8 cm³/mol. The van der Waals surface area contributed by atoms with E-state index in [0.717, 1.165) is 0 Å². The average molecular weight is 130 g/mol. The van der Waals surface area contributed by atoms with E-state index < -0.39 is 6.43 Å². The summed E-state index contributed by atoms with van der Waals surface area (Å²) < 4.78 is 24.5. The molecule has 0 aliphatic carbocycles. The fourth-order valence-electron chi connectivity index (χ4n) is 0.451. The number of halogens is 2. The highest BCUT2D eigenvalue weighted by Crippen LogP contribution is 2.14. The number of nitrogens with zero attached hydrogens (tertiary/aromatic N) is 2. The van der Waals surface area contributed by atoms with Crippen LogP contribution in [-0.2, 0) is 7.05 Å². The molecule has 2 radical (unpaired) electrons. The molecule has 0 aliphatic rings. The molecule has 0 saturated carbocycles. The number of hydrogen-bond acceptors (Lipinski definition) is 1. The van der Waals surface area contributed by atoms with E-state index in [2.05, 4.69) is 17.5 Å². The van der Waals surface area contributed by atoms with Gasteiger partial charge >= 0.3 is 0 Å². The highest BCUT2D eigenvalue weighted by atomic mass is 19.3. The summed E-state index contributed by atoms with van der Waals surface area (Å²) in [4.78, 5) is 0. The Kier molecular flexibility index (Phi) is 1.46. The lowest BCUT2D eigenvalue weighted by Gasteiger charge is -1.86. The van der Waals surface area contributed by atoms with Crippen molar-refractivity contribution in [1.82, 2.24) is 9.78 Å². The summed E-state index contributed by atoms with van der Waals surface area (Å²) in [6.07, 6.45) is 1.87. The number of rotatable bonds is 1. The van der Waals surface area contributed by atoms with Gasteiger partial charge in [-0.3, -0.25) is 4.68 Å². The Morgan fingerprint density at radius 1 is 1.67 bits per heavy atom. The van der Waals surface area contributed by atoms with Gasteiger partial charge in [0.15, 0.2) is 0 Å². The number of aromatic nitrogens is 2. The van der Waals surface area contributed by atoms with Gasteiger partial charge in [-0.15, -0.1) is 0 Å². The van der Waals surface area contributed by atoms with Gasteiger partial charge in [-0.2, -0.15) is 5.10 Å². The lowest BCUT2D eigenvalue weighted by Crippen LogP contribution is -1.85. The Bertz CT molecular complexity index is 195. The normalized spacial score (nSPS) is 10.7. The molecule has 48 valence electrons. The molecule has 0 N–H and O–H groups in total. The zero-order valence-corrected chi connectivity index (χ0v) is 4.73. The van der Waals surface area contributed by atoms with Crippen LogP contribution in [0.2, 0.25) is 0 Å². The largest absolute Gasteiger partial charge is 0.268 e. The predicted octanol–water partition coefficient (Wildman–Crippen LogP) is 0.958. The molecule has 4 heteroatoms. The first-order valence-corrected chi connectivity index (χ1v) is 2.32. The van der Waals surface area contributed by atoms with Crippen molar-refractivity contribution in [2.75, 3.05) is 0 Å². The van der Waals surface area contributed by atoms with Crippen LogP contribution in [0, 0.1) is 12.4 Å². The molecule has 0 bridgehead atoms. The van der Waals surface area contributed by atoms with E-state index in [1.807, 2.05) is 0 Å². The van der Waals surface area contributed by atoms with Gasteiger partial charge in [0.1, 0.15) is 6.20 Å². The Morgan fingerprint density at radius 3 is 2.56 bits per heavy atom. The van der Waals surface area contributed by atoms with Gasteiger partial charge in [0, 0.05) is 7.05 Å². The van der Waals surface area contributed by atoms with Gasteiger partial charge in [-0.05, 0) is 0 Å². The maximum atomic E-state index is 11.7. The van der Waals surface area contributed by atoms with Crippen molar-refractivity contribution >= 4 is 0 Å². The molecule has 0 aromatic carbocycles. The molecule has 1 rings (SSSR count). The molecule has 0 spiro atoms. The third-order valence-corrected chi connectivity index (χ3v) is 0.821. The van der Waals surface area contributed by atoms with Gasteiger partial charge < -0.3 is 0 Å². The van der Waals surface area contributed by atoms with Gasteiger partial charge in [0.2, 0.25) is 0 Å². The highest BCUT2D eigenvalue weighted by Gasteiger charge is 2.08. The molecule has 2 nitrogen and oxygen atoms in total. The lowest BCUT2D eigenvalue weighted by molar-refractivity contribution is 0.150. The van der Waals surface area contributed by atoms with Crippen molar-refractivity contribution in [3.8, 4) is 0 Å². The van der Waals surface area contributed by atoms with Crippen LogP contribution in [0.1, 0.15) is 12.0 Å². The Morgan fingerprint density at radius 2 is 2.33 bits per heavy atom. The van der Waals surface area contributed by atoms with Crippen molar-refractivity contribution in [3.05, 3.63) is 18.0 Å². The van der Waals surface area contributed by atoms with E-state index in [-0.39, 0.29) is 5.56 Å². The highest BCUT2D eigenvalue weighted by molar-refractivity contribution is 5.00. The van der Waals surface area contributed by atoms with Gasteiger partial charge in [0.05, 0.1) is 11.8 Å². The zero-order chi connectivity index (χ0) is 6.85. The van der Waals surface area contributed by atoms with Crippen molar-refractivity contribution < 1.29 is 8.78 Å². The fourth-order valence-corrected chi connectivity index (χ4v) is 0.451. The standard InChI is InChI=1S/C5H4F2N2/c1-9-3-4(2-8-9)5(6)7/h5H,1H3. The fraction of sp³-hybridized carbons (Fsp3) is 0.400. The Hall–Kier alpha value is -0.930. The van der Waals surface area contributed by atoms with Gasteiger partial charge in [0.25, 0.3) is 6.43 Å². The molecule has 0 unspecified atom stereocenters. The topological polar surface area (TPSA) is 17.8 Å². The van der Waals surface area contributed by atoms with Crippen molar-refractivity contribution in [1.29, 1.82) is 0 Å². The summed E-state index contributed by atoms with van der Waals surface area (Å²) in [7, 11) is 1.52. The summed E-state index contributed by atoms with van der Waals surface area (Å²) >= 11 is 0. The molecule has 0 aliphatic heterocycles. The van der Waals surface area contributed by atoms with E-state index in [0.29, 0.717) is 0 Å². The van der Waals surface area contributed by atoms with Gasteiger partial charge in [-0.25, -0.2) is 8.78 Å². The number of alkyl halides is 2. The lowest BCUT2D eigenvalue weighted by atomic mass is 10.4. The van der Waals surface area contributed by atoms with Crippen molar-refractivity contribution in [2.24, 2.45) is 7.05 Å². The smallest absolute Gasteiger partial charge is 0.265 e. The Labute approximate surface area is 51.1 Å². The third-order valence-electron chi connectivity index (χ3n) is 0.821. The molecule has 0 amide bonds. The number of hydrogen-bond donors (Lipinski definition) is 0. The van der Waals surface area contributed by atoms with Crippen LogP contribution in [0.3, 0.4) is 0 Å². The minimum absolute atomic E-state index is 0.280. The van der Waals surface area contributed by atoms with Gasteiger partial charge in [-0.1, -0.05) is 0 Å². The summed E-state index contributed by atoms with van der Waals surface area (Å²) in [5, 5.41) is 3.39. The van der Waals surface area contributed by atoms with Crippen molar-refractivity contribution in [3.63, 3.8) is 0 Å². The van der Waals surface area contributed by atoms with E-state index in [9.17, 15) is 8.78 Å². The summed E-state index contributed by atoms with van der Waals surface area (Å²) in [6.45, 7) is 0. The monoisotopic (exact) mass is 130 g/mol. The van der Waals surface area contributed by atoms with E-state index >= 15 is 0 Å².